The van der Waals surface area contributed by atoms with Crippen molar-refractivity contribution in [1.82, 2.24) is 9.97 Å². The van der Waals surface area contributed by atoms with Crippen LogP contribution in [0.4, 0.5) is 5.95 Å². The fraction of sp³-hybridized carbons (Fsp3) is 0.636. The van der Waals surface area contributed by atoms with E-state index in [1.54, 1.807) is 12.4 Å². The number of anilines is 1. The van der Waals surface area contributed by atoms with Gasteiger partial charge in [-0.25, -0.2) is 9.97 Å². The molecule has 0 unspecified atom stereocenters. The molecule has 0 fully saturated rings. The van der Waals surface area contributed by atoms with Crippen molar-refractivity contribution in [3.05, 3.63) is 17.4 Å². The van der Waals surface area contributed by atoms with Crippen LogP contribution in [-0.4, -0.2) is 23.1 Å². The van der Waals surface area contributed by atoms with Gasteiger partial charge in [-0.1, -0.05) is 25.4 Å². The zero-order chi connectivity index (χ0) is 12.0. The van der Waals surface area contributed by atoms with E-state index < -0.39 is 0 Å². The first-order chi connectivity index (χ1) is 7.53. The quantitative estimate of drug-likeness (QED) is 0.804. The second-order valence-corrected chi connectivity index (χ2v) is 5.07. The summed E-state index contributed by atoms with van der Waals surface area (Å²) in [4.78, 5) is 8.17. The Balaban J connectivity index is 2.41. The Morgan fingerprint density at radius 3 is 2.56 bits per heavy atom. The van der Waals surface area contributed by atoms with E-state index in [9.17, 15) is 0 Å². The molecule has 0 saturated heterocycles. The highest BCUT2D eigenvalue weighted by atomic mass is 35.5. The molecule has 1 aromatic heterocycles. The summed E-state index contributed by atoms with van der Waals surface area (Å²) < 4.78 is 0. The fourth-order valence-corrected chi connectivity index (χ4v) is 1.49. The van der Waals surface area contributed by atoms with Crippen LogP contribution in [0, 0.1) is 5.41 Å². The third-order valence-electron chi connectivity index (χ3n) is 2.40. The van der Waals surface area contributed by atoms with Gasteiger partial charge in [-0.15, -0.1) is 0 Å². The summed E-state index contributed by atoms with van der Waals surface area (Å²) in [6, 6.07) is 0. The van der Waals surface area contributed by atoms with Gasteiger partial charge in [-0.2, -0.15) is 0 Å². The first kappa shape index (κ1) is 13.2. The predicted octanol–water partition coefficient (Wildman–Crippen LogP) is 2.31. The van der Waals surface area contributed by atoms with Crippen molar-refractivity contribution in [2.75, 3.05) is 18.4 Å². The summed E-state index contributed by atoms with van der Waals surface area (Å²) in [5, 5.41) is 3.75. The van der Waals surface area contributed by atoms with Crippen LogP contribution in [0.25, 0.3) is 0 Å². The van der Waals surface area contributed by atoms with Crippen molar-refractivity contribution in [3.8, 4) is 0 Å². The molecule has 16 heavy (non-hydrogen) atoms. The summed E-state index contributed by atoms with van der Waals surface area (Å²) in [5.41, 5.74) is 5.70. The number of nitrogens with zero attached hydrogens (tertiary/aromatic N) is 2. The molecule has 0 amide bonds. The molecule has 5 heteroatoms. The molecular weight excluding hydrogens is 224 g/mol. The minimum Gasteiger partial charge on any atom is -0.354 e. The van der Waals surface area contributed by atoms with Gasteiger partial charge in [-0.05, 0) is 24.8 Å². The first-order valence-corrected chi connectivity index (χ1v) is 5.83. The Morgan fingerprint density at radius 2 is 2.00 bits per heavy atom. The molecule has 0 aromatic carbocycles. The van der Waals surface area contributed by atoms with Gasteiger partial charge in [0.15, 0.2) is 0 Å². The normalized spacial score (nSPS) is 11.5. The Kier molecular flexibility index (Phi) is 4.96. The molecule has 0 aliphatic carbocycles. The average molecular weight is 243 g/mol. The van der Waals surface area contributed by atoms with E-state index in [1.807, 2.05) is 0 Å². The van der Waals surface area contributed by atoms with Crippen LogP contribution in [0.1, 0.15) is 26.7 Å². The maximum atomic E-state index is 5.70. The highest BCUT2D eigenvalue weighted by Gasteiger charge is 2.17. The molecule has 1 heterocycles. The Hall–Kier alpha value is -0.870. The number of nitrogens with one attached hydrogen (secondary N) is 1. The van der Waals surface area contributed by atoms with Gasteiger partial charge in [0.05, 0.1) is 17.4 Å². The van der Waals surface area contributed by atoms with E-state index in [2.05, 4.69) is 29.1 Å². The van der Waals surface area contributed by atoms with Crippen LogP contribution in [0.3, 0.4) is 0 Å². The fourth-order valence-electron chi connectivity index (χ4n) is 1.39. The van der Waals surface area contributed by atoms with Crippen molar-refractivity contribution in [2.24, 2.45) is 11.1 Å². The van der Waals surface area contributed by atoms with Crippen molar-refractivity contribution in [1.29, 1.82) is 0 Å². The molecule has 1 rings (SSSR count). The van der Waals surface area contributed by atoms with Crippen molar-refractivity contribution < 1.29 is 0 Å². The lowest BCUT2D eigenvalue weighted by Crippen LogP contribution is -2.24. The number of nitrogens with two attached hydrogens (primary N) is 1. The van der Waals surface area contributed by atoms with Gasteiger partial charge in [-0.3, -0.25) is 0 Å². The summed E-state index contributed by atoms with van der Waals surface area (Å²) >= 11 is 5.70. The molecule has 3 N–H and O–H groups in total. The molecule has 0 aliphatic heterocycles. The summed E-state index contributed by atoms with van der Waals surface area (Å²) in [7, 11) is 0. The highest BCUT2D eigenvalue weighted by molar-refractivity contribution is 6.30. The lowest BCUT2D eigenvalue weighted by molar-refractivity contribution is 0.349. The summed E-state index contributed by atoms with van der Waals surface area (Å²) in [6.07, 6.45) is 5.30. The van der Waals surface area contributed by atoms with Gasteiger partial charge in [0.25, 0.3) is 0 Å². The third-order valence-corrected chi connectivity index (χ3v) is 2.60. The van der Waals surface area contributed by atoms with Gasteiger partial charge in [0.1, 0.15) is 0 Å². The van der Waals surface area contributed by atoms with E-state index in [0.29, 0.717) is 11.0 Å². The minimum atomic E-state index is 0.197. The van der Waals surface area contributed by atoms with Crippen LogP contribution in [0.15, 0.2) is 12.4 Å². The zero-order valence-electron chi connectivity index (χ0n) is 9.83. The van der Waals surface area contributed by atoms with E-state index in [-0.39, 0.29) is 5.41 Å². The standard InChI is InChI=1S/C11H19ClN4/c1-11(2,4-3-5-13)8-16-10-14-6-9(12)7-15-10/h6-7H,3-5,8,13H2,1-2H3,(H,14,15,16). The molecule has 90 valence electrons. The van der Waals surface area contributed by atoms with Crippen LogP contribution < -0.4 is 11.1 Å². The average Bonchev–Trinajstić information content (AvgIpc) is 2.26. The van der Waals surface area contributed by atoms with Crippen molar-refractivity contribution >= 4 is 17.5 Å². The third kappa shape index (κ3) is 4.77. The smallest absolute Gasteiger partial charge is 0.222 e. The molecule has 4 nitrogen and oxygen atoms in total. The lowest BCUT2D eigenvalue weighted by Gasteiger charge is -2.24. The van der Waals surface area contributed by atoms with Crippen LogP contribution in [-0.2, 0) is 0 Å². The molecule has 0 saturated carbocycles. The van der Waals surface area contributed by atoms with Crippen molar-refractivity contribution in [2.45, 2.75) is 26.7 Å². The summed E-state index contributed by atoms with van der Waals surface area (Å²) in [5.74, 6) is 0.616. The first-order valence-electron chi connectivity index (χ1n) is 5.45. The number of rotatable bonds is 6. The maximum absolute atomic E-state index is 5.70. The highest BCUT2D eigenvalue weighted by Crippen LogP contribution is 2.21. The second-order valence-electron chi connectivity index (χ2n) is 4.63. The van der Waals surface area contributed by atoms with E-state index in [4.69, 9.17) is 17.3 Å². The van der Waals surface area contributed by atoms with Gasteiger partial charge in [0, 0.05) is 6.54 Å². The van der Waals surface area contributed by atoms with E-state index >= 15 is 0 Å². The van der Waals surface area contributed by atoms with E-state index in [1.165, 1.54) is 0 Å². The van der Waals surface area contributed by atoms with Crippen molar-refractivity contribution in [3.63, 3.8) is 0 Å². The lowest BCUT2D eigenvalue weighted by atomic mass is 9.88. The van der Waals surface area contributed by atoms with Gasteiger partial charge < -0.3 is 11.1 Å². The molecule has 1 aromatic rings. The number of halogens is 1. The Morgan fingerprint density at radius 1 is 1.38 bits per heavy atom. The summed E-state index contributed by atoms with van der Waals surface area (Å²) in [6.45, 7) is 5.96. The predicted molar refractivity (Wildman–Crippen MR) is 67.6 cm³/mol. The van der Waals surface area contributed by atoms with Crippen LogP contribution in [0.2, 0.25) is 5.02 Å². The monoisotopic (exact) mass is 242 g/mol. The van der Waals surface area contributed by atoms with Crippen LogP contribution in [0.5, 0.6) is 0 Å². The molecule has 0 spiro atoms. The largest absolute Gasteiger partial charge is 0.354 e. The SMILES string of the molecule is CC(C)(CCCN)CNc1ncc(Cl)cn1. The minimum absolute atomic E-state index is 0.197. The maximum Gasteiger partial charge on any atom is 0.222 e. The molecule has 0 bridgehead atoms. The second kappa shape index (κ2) is 6.01. The molecule has 0 radical (unpaired) electrons. The molecule has 0 aliphatic rings. The number of hydrogen-bond acceptors (Lipinski definition) is 4. The van der Waals surface area contributed by atoms with Gasteiger partial charge >= 0.3 is 0 Å². The van der Waals surface area contributed by atoms with Crippen LogP contribution >= 0.6 is 11.6 Å². The zero-order valence-corrected chi connectivity index (χ0v) is 10.6. The topological polar surface area (TPSA) is 63.8 Å². The molecule has 0 atom stereocenters. The Labute approximate surface area is 102 Å². The Bertz CT molecular complexity index is 310. The molecular formula is C11H19ClN4. The number of hydrogen-bond donors (Lipinski definition) is 2. The van der Waals surface area contributed by atoms with Gasteiger partial charge in [0.2, 0.25) is 5.95 Å². The van der Waals surface area contributed by atoms with E-state index in [0.717, 1.165) is 25.9 Å². The number of aromatic nitrogens is 2.